The van der Waals surface area contributed by atoms with Crippen LogP contribution in [0.1, 0.15) is 63.2 Å². The molecule has 2 aromatic rings. The monoisotopic (exact) mass is 382 g/mol. The summed E-state index contributed by atoms with van der Waals surface area (Å²) >= 11 is 0. The maximum absolute atomic E-state index is 12.1. The number of unbranched alkanes of at least 4 members (excludes halogenated alkanes) is 1. The summed E-state index contributed by atoms with van der Waals surface area (Å²) in [7, 11) is 0. The minimum Gasteiger partial charge on any atom is -0.462 e. The van der Waals surface area contributed by atoms with Gasteiger partial charge in [0.05, 0.1) is 12.2 Å². The Balaban J connectivity index is 1.92. The first-order valence-corrected chi connectivity index (χ1v) is 10.1. The molecule has 1 atom stereocenters. The molecule has 28 heavy (non-hydrogen) atoms. The number of hydrogen-bond acceptors (Lipinski definition) is 4. The molecule has 0 amide bonds. The third-order valence-electron chi connectivity index (χ3n) is 4.82. The fraction of sp³-hybridized carbons (Fsp3) is 0.417. The van der Waals surface area contributed by atoms with E-state index in [9.17, 15) is 9.59 Å². The number of esters is 2. The maximum Gasteiger partial charge on any atom is 0.338 e. The summed E-state index contributed by atoms with van der Waals surface area (Å²) in [6, 6.07) is 14.7. The quantitative estimate of drug-likeness (QED) is 0.371. The Kier molecular flexibility index (Phi) is 8.73. The smallest absolute Gasteiger partial charge is 0.338 e. The average Bonchev–Trinajstić information content (AvgIpc) is 2.72. The zero-order valence-corrected chi connectivity index (χ0v) is 17.1. The molecule has 4 nitrogen and oxygen atoms in total. The molecule has 0 heterocycles. The fourth-order valence-electron chi connectivity index (χ4n) is 2.66. The van der Waals surface area contributed by atoms with Crippen molar-refractivity contribution in [3.63, 3.8) is 0 Å². The number of carbonyl (C=O) groups excluding carboxylic acids is 2. The van der Waals surface area contributed by atoms with Crippen molar-refractivity contribution in [3.05, 3.63) is 54.1 Å². The van der Waals surface area contributed by atoms with Crippen molar-refractivity contribution in [2.75, 3.05) is 6.61 Å². The molecule has 0 radical (unpaired) electrons. The molecule has 0 aromatic heterocycles. The van der Waals surface area contributed by atoms with Crippen molar-refractivity contribution < 1.29 is 19.1 Å². The third-order valence-corrected chi connectivity index (χ3v) is 4.82. The SMILES string of the molecule is CCCCC(=O)Oc1ccc(-c2ccc(C(=O)OCCC(C)CC)cc2)cc1. The normalized spacial score (nSPS) is 11.7. The molecule has 0 aliphatic carbocycles. The van der Waals surface area contributed by atoms with Gasteiger partial charge in [-0.25, -0.2) is 4.79 Å². The Morgan fingerprint density at radius 1 is 0.929 bits per heavy atom. The second-order valence-electron chi connectivity index (χ2n) is 7.12. The number of rotatable bonds is 10. The lowest BCUT2D eigenvalue weighted by atomic mass is 10.0. The van der Waals surface area contributed by atoms with Crippen LogP contribution < -0.4 is 4.74 Å². The summed E-state index contributed by atoms with van der Waals surface area (Å²) in [6.45, 7) is 6.78. The molecule has 1 unspecified atom stereocenters. The van der Waals surface area contributed by atoms with E-state index in [1.165, 1.54) is 0 Å². The van der Waals surface area contributed by atoms with Gasteiger partial charge in [0, 0.05) is 6.42 Å². The second kappa shape index (κ2) is 11.3. The molecule has 0 saturated heterocycles. The van der Waals surface area contributed by atoms with E-state index < -0.39 is 0 Å². The Labute approximate surface area is 167 Å². The van der Waals surface area contributed by atoms with Crippen LogP contribution in [-0.4, -0.2) is 18.5 Å². The highest BCUT2D eigenvalue weighted by atomic mass is 16.5. The molecule has 0 fully saturated rings. The zero-order valence-electron chi connectivity index (χ0n) is 17.1. The Hall–Kier alpha value is -2.62. The van der Waals surface area contributed by atoms with Gasteiger partial charge < -0.3 is 9.47 Å². The van der Waals surface area contributed by atoms with Gasteiger partial charge >= 0.3 is 11.9 Å². The van der Waals surface area contributed by atoms with Crippen molar-refractivity contribution >= 4 is 11.9 Å². The van der Waals surface area contributed by atoms with Crippen molar-refractivity contribution in [3.8, 4) is 16.9 Å². The predicted molar refractivity (Wildman–Crippen MR) is 111 cm³/mol. The summed E-state index contributed by atoms with van der Waals surface area (Å²) in [5, 5.41) is 0. The third kappa shape index (κ3) is 6.84. The molecule has 0 bridgehead atoms. The van der Waals surface area contributed by atoms with Crippen LogP contribution in [0.2, 0.25) is 0 Å². The van der Waals surface area contributed by atoms with Gasteiger partial charge in [-0.05, 0) is 54.2 Å². The van der Waals surface area contributed by atoms with Crippen LogP contribution in [0.15, 0.2) is 48.5 Å². The molecule has 150 valence electrons. The lowest BCUT2D eigenvalue weighted by molar-refractivity contribution is -0.134. The minimum absolute atomic E-state index is 0.203. The van der Waals surface area contributed by atoms with Gasteiger partial charge in [-0.3, -0.25) is 4.79 Å². The van der Waals surface area contributed by atoms with E-state index in [1.807, 2.05) is 31.2 Å². The highest BCUT2D eigenvalue weighted by Crippen LogP contribution is 2.23. The van der Waals surface area contributed by atoms with E-state index in [-0.39, 0.29) is 11.9 Å². The van der Waals surface area contributed by atoms with Crippen LogP contribution in [0.5, 0.6) is 5.75 Å². The molecule has 0 saturated carbocycles. The van der Waals surface area contributed by atoms with Crippen LogP contribution in [0.25, 0.3) is 11.1 Å². The van der Waals surface area contributed by atoms with Crippen molar-refractivity contribution in [1.82, 2.24) is 0 Å². The van der Waals surface area contributed by atoms with E-state index in [0.29, 0.717) is 30.3 Å². The van der Waals surface area contributed by atoms with Gasteiger partial charge in [-0.1, -0.05) is 57.9 Å². The topological polar surface area (TPSA) is 52.6 Å². The van der Waals surface area contributed by atoms with Crippen LogP contribution in [0.3, 0.4) is 0 Å². The molecule has 0 aliphatic heterocycles. The molecular weight excluding hydrogens is 352 g/mol. The van der Waals surface area contributed by atoms with Crippen molar-refractivity contribution in [2.24, 2.45) is 5.92 Å². The van der Waals surface area contributed by atoms with Crippen molar-refractivity contribution in [2.45, 2.75) is 52.9 Å². The highest BCUT2D eigenvalue weighted by Gasteiger charge is 2.09. The van der Waals surface area contributed by atoms with E-state index >= 15 is 0 Å². The van der Waals surface area contributed by atoms with Gasteiger partial charge in [0.2, 0.25) is 0 Å². The van der Waals surface area contributed by atoms with Gasteiger partial charge in [0.25, 0.3) is 0 Å². The minimum atomic E-state index is -0.288. The fourth-order valence-corrected chi connectivity index (χ4v) is 2.66. The van der Waals surface area contributed by atoms with Gasteiger partial charge in [-0.2, -0.15) is 0 Å². The van der Waals surface area contributed by atoms with E-state index in [4.69, 9.17) is 9.47 Å². The van der Waals surface area contributed by atoms with Gasteiger partial charge in [-0.15, -0.1) is 0 Å². The van der Waals surface area contributed by atoms with Crippen molar-refractivity contribution in [1.29, 1.82) is 0 Å². The first kappa shape index (κ1) is 21.7. The van der Waals surface area contributed by atoms with Gasteiger partial charge in [0.15, 0.2) is 0 Å². The second-order valence-corrected chi connectivity index (χ2v) is 7.12. The summed E-state index contributed by atoms with van der Waals surface area (Å²) in [5.74, 6) is 0.616. The predicted octanol–water partition coefficient (Wildman–Crippen LogP) is 6.04. The van der Waals surface area contributed by atoms with E-state index in [0.717, 1.165) is 36.8 Å². The molecule has 2 rings (SSSR count). The van der Waals surface area contributed by atoms with Crippen LogP contribution in [0, 0.1) is 5.92 Å². The lowest BCUT2D eigenvalue weighted by Crippen LogP contribution is -2.08. The Bertz CT molecular complexity index is 747. The molecule has 4 heteroatoms. The first-order valence-electron chi connectivity index (χ1n) is 10.1. The molecule has 0 spiro atoms. The van der Waals surface area contributed by atoms with E-state index in [2.05, 4.69) is 13.8 Å². The molecule has 0 N–H and O–H groups in total. The van der Waals surface area contributed by atoms with Crippen LogP contribution in [0.4, 0.5) is 0 Å². The molecular formula is C24H30O4. The Morgan fingerprint density at radius 2 is 1.54 bits per heavy atom. The number of ether oxygens (including phenoxy) is 2. The van der Waals surface area contributed by atoms with Crippen LogP contribution >= 0.6 is 0 Å². The number of benzene rings is 2. The summed E-state index contributed by atoms with van der Waals surface area (Å²) in [5.41, 5.74) is 2.53. The number of carbonyl (C=O) groups is 2. The summed E-state index contributed by atoms with van der Waals surface area (Å²) in [4.78, 5) is 23.8. The zero-order chi connectivity index (χ0) is 20.4. The van der Waals surface area contributed by atoms with Gasteiger partial charge in [0.1, 0.15) is 5.75 Å². The number of hydrogen-bond donors (Lipinski definition) is 0. The summed E-state index contributed by atoms with van der Waals surface area (Å²) < 4.78 is 10.7. The van der Waals surface area contributed by atoms with E-state index in [1.54, 1.807) is 24.3 Å². The summed E-state index contributed by atoms with van der Waals surface area (Å²) in [6.07, 6.45) is 4.21. The lowest BCUT2D eigenvalue weighted by Gasteiger charge is -2.09. The standard InChI is InChI=1S/C24H30O4/c1-4-6-7-23(25)28-22-14-12-20(13-15-22)19-8-10-21(11-9-19)24(26)27-17-16-18(3)5-2/h8-15,18H,4-7,16-17H2,1-3H3. The molecule has 2 aromatic carbocycles. The average molecular weight is 383 g/mol. The first-order chi connectivity index (χ1) is 13.5. The highest BCUT2D eigenvalue weighted by molar-refractivity contribution is 5.90. The largest absolute Gasteiger partial charge is 0.462 e. The van der Waals surface area contributed by atoms with Crippen LogP contribution in [-0.2, 0) is 9.53 Å². The Morgan fingerprint density at radius 3 is 2.11 bits per heavy atom. The maximum atomic E-state index is 12.1. The molecule has 0 aliphatic rings.